The fourth-order valence-corrected chi connectivity index (χ4v) is 5.60. The van der Waals surface area contributed by atoms with E-state index in [4.69, 9.17) is 9.84 Å². The monoisotopic (exact) mass is 397 g/mol. The lowest BCUT2D eigenvalue weighted by Crippen LogP contribution is -2.37. The Kier molecular flexibility index (Phi) is 4.94. The van der Waals surface area contributed by atoms with Crippen LogP contribution in [-0.2, 0) is 18.3 Å². The number of hydrogen-bond acceptors (Lipinski definition) is 5. The standard InChI is InChI=1S/C22H31N5O2/c1-15-11-26(19-6-4-3-5-18(15)19)22-24-23-21(17-7-8-20(28)25(2)13-17)27(22)12-16-9-10-29-14-16/h7-8,13,15-16,18-19H,3-6,9-12,14H2,1-2H3. The summed E-state index contributed by atoms with van der Waals surface area (Å²) in [7, 11) is 1.78. The number of hydrogen-bond donors (Lipinski definition) is 0. The van der Waals surface area contributed by atoms with Gasteiger partial charge in [-0.3, -0.25) is 9.36 Å². The minimum Gasteiger partial charge on any atom is -0.381 e. The third kappa shape index (κ3) is 3.39. The maximum atomic E-state index is 11.9. The van der Waals surface area contributed by atoms with Crippen molar-refractivity contribution in [3.8, 4) is 11.4 Å². The van der Waals surface area contributed by atoms with Crippen LogP contribution in [0.4, 0.5) is 5.95 Å². The highest BCUT2D eigenvalue weighted by Gasteiger charge is 2.42. The molecule has 3 fully saturated rings. The summed E-state index contributed by atoms with van der Waals surface area (Å²) in [4.78, 5) is 14.4. The van der Waals surface area contributed by atoms with E-state index in [0.29, 0.717) is 17.9 Å². The van der Waals surface area contributed by atoms with E-state index >= 15 is 0 Å². The van der Waals surface area contributed by atoms with Gasteiger partial charge in [-0.05, 0) is 37.2 Å². The Morgan fingerprint density at radius 1 is 1.17 bits per heavy atom. The Bertz CT molecular complexity index is 930. The third-order valence-corrected chi connectivity index (χ3v) is 7.19. The van der Waals surface area contributed by atoms with Crippen LogP contribution in [-0.4, -0.2) is 45.1 Å². The fraction of sp³-hybridized carbons (Fsp3) is 0.682. The zero-order valence-corrected chi connectivity index (χ0v) is 17.5. The van der Waals surface area contributed by atoms with Gasteiger partial charge in [-0.25, -0.2) is 0 Å². The first-order chi connectivity index (χ1) is 14.1. The van der Waals surface area contributed by atoms with Gasteiger partial charge in [-0.1, -0.05) is 19.8 Å². The van der Waals surface area contributed by atoms with Crippen molar-refractivity contribution in [2.45, 2.75) is 51.6 Å². The van der Waals surface area contributed by atoms with Crippen LogP contribution in [0, 0.1) is 17.8 Å². The molecule has 156 valence electrons. The van der Waals surface area contributed by atoms with Crippen LogP contribution in [0.2, 0.25) is 0 Å². The van der Waals surface area contributed by atoms with Crippen molar-refractivity contribution in [1.82, 2.24) is 19.3 Å². The minimum absolute atomic E-state index is 0.0114. The van der Waals surface area contributed by atoms with Crippen LogP contribution >= 0.6 is 0 Å². The van der Waals surface area contributed by atoms with Crippen molar-refractivity contribution >= 4 is 5.95 Å². The van der Waals surface area contributed by atoms with E-state index in [1.54, 1.807) is 17.7 Å². The topological polar surface area (TPSA) is 65.2 Å². The average Bonchev–Trinajstić information content (AvgIpc) is 3.45. The van der Waals surface area contributed by atoms with Gasteiger partial charge in [0.2, 0.25) is 11.5 Å². The van der Waals surface area contributed by atoms with E-state index in [1.807, 2.05) is 12.3 Å². The first kappa shape index (κ1) is 18.9. The van der Waals surface area contributed by atoms with Gasteiger partial charge in [0.15, 0.2) is 5.82 Å². The second-order valence-electron chi connectivity index (χ2n) is 9.18. The molecular weight excluding hydrogens is 366 g/mol. The van der Waals surface area contributed by atoms with E-state index in [1.165, 1.54) is 25.7 Å². The number of nitrogens with zero attached hydrogens (tertiary/aromatic N) is 5. The van der Waals surface area contributed by atoms with Crippen LogP contribution in [0.15, 0.2) is 23.1 Å². The van der Waals surface area contributed by atoms with Crippen LogP contribution in [0.3, 0.4) is 0 Å². The molecule has 2 aromatic heterocycles. The molecule has 0 spiro atoms. The van der Waals surface area contributed by atoms with Crippen LogP contribution in [0.5, 0.6) is 0 Å². The van der Waals surface area contributed by atoms with Crippen LogP contribution in [0.25, 0.3) is 11.4 Å². The number of rotatable bonds is 4. The lowest BCUT2D eigenvalue weighted by Gasteiger charge is -2.33. The van der Waals surface area contributed by atoms with E-state index in [2.05, 4.69) is 21.5 Å². The van der Waals surface area contributed by atoms with E-state index in [-0.39, 0.29) is 5.56 Å². The summed E-state index contributed by atoms with van der Waals surface area (Å²) in [5, 5.41) is 9.33. The molecule has 4 heterocycles. The molecule has 0 N–H and O–H groups in total. The summed E-state index contributed by atoms with van der Waals surface area (Å²) in [6.45, 7) is 5.95. The number of aryl methyl sites for hydroxylation is 1. The zero-order valence-electron chi connectivity index (χ0n) is 17.5. The first-order valence-electron chi connectivity index (χ1n) is 11.1. The fourth-order valence-electron chi connectivity index (χ4n) is 5.60. The lowest BCUT2D eigenvalue weighted by molar-refractivity contribution is 0.182. The Morgan fingerprint density at radius 2 is 2.03 bits per heavy atom. The summed E-state index contributed by atoms with van der Waals surface area (Å²) >= 11 is 0. The largest absolute Gasteiger partial charge is 0.381 e. The molecular formula is C22H31N5O2. The summed E-state index contributed by atoms with van der Waals surface area (Å²) in [6.07, 6.45) is 8.20. The van der Waals surface area contributed by atoms with Crippen molar-refractivity contribution in [2.75, 3.05) is 24.7 Å². The normalized spacial score (nSPS) is 29.4. The Labute approximate surface area is 171 Å². The molecule has 4 unspecified atom stereocenters. The van der Waals surface area contributed by atoms with Gasteiger partial charge >= 0.3 is 0 Å². The maximum Gasteiger partial charge on any atom is 0.250 e. The number of anilines is 1. The number of pyridine rings is 1. The summed E-state index contributed by atoms with van der Waals surface area (Å²) < 4.78 is 9.55. The van der Waals surface area contributed by atoms with E-state index in [9.17, 15) is 4.79 Å². The zero-order chi connectivity index (χ0) is 20.0. The van der Waals surface area contributed by atoms with E-state index in [0.717, 1.165) is 56.0 Å². The maximum absolute atomic E-state index is 11.9. The Balaban J connectivity index is 1.55. The Hall–Kier alpha value is -2.15. The third-order valence-electron chi connectivity index (χ3n) is 7.19. The predicted molar refractivity (Wildman–Crippen MR) is 112 cm³/mol. The molecule has 2 aromatic rings. The van der Waals surface area contributed by atoms with Crippen molar-refractivity contribution in [3.05, 3.63) is 28.7 Å². The highest BCUT2D eigenvalue weighted by molar-refractivity contribution is 5.57. The lowest BCUT2D eigenvalue weighted by atomic mass is 9.80. The highest BCUT2D eigenvalue weighted by atomic mass is 16.5. The van der Waals surface area contributed by atoms with Gasteiger partial charge in [-0.15, -0.1) is 10.2 Å². The molecule has 2 saturated heterocycles. The quantitative estimate of drug-likeness (QED) is 0.794. The van der Waals surface area contributed by atoms with Crippen molar-refractivity contribution in [2.24, 2.45) is 24.8 Å². The van der Waals surface area contributed by atoms with E-state index < -0.39 is 0 Å². The molecule has 3 aliphatic rings. The van der Waals surface area contributed by atoms with Gasteiger partial charge in [-0.2, -0.15) is 0 Å². The van der Waals surface area contributed by atoms with Crippen molar-refractivity contribution in [3.63, 3.8) is 0 Å². The Morgan fingerprint density at radius 3 is 2.83 bits per heavy atom. The molecule has 0 amide bonds. The molecule has 0 radical (unpaired) electrons. The number of ether oxygens (including phenoxy) is 1. The highest BCUT2D eigenvalue weighted by Crippen LogP contribution is 2.42. The molecule has 29 heavy (non-hydrogen) atoms. The molecule has 0 bridgehead atoms. The molecule has 2 aliphatic heterocycles. The second kappa shape index (κ2) is 7.59. The molecule has 7 heteroatoms. The summed E-state index contributed by atoms with van der Waals surface area (Å²) in [6, 6.07) is 4.06. The van der Waals surface area contributed by atoms with Gasteiger partial charge in [0.25, 0.3) is 0 Å². The predicted octanol–water partition coefficient (Wildman–Crippen LogP) is 2.70. The molecule has 5 rings (SSSR count). The second-order valence-corrected chi connectivity index (χ2v) is 9.18. The molecule has 1 aliphatic carbocycles. The molecule has 0 aromatic carbocycles. The van der Waals surface area contributed by atoms with Crippen LogP contribution in [0.1, 0.15) is 39.0 Å². The molecule has 7 nitrogen and oxygen atoms in total. The molecule has 4 atom stereocenters. The summed E-state index contributed by atoms with van der Waals surface area (Å²) in [5.74, 6) is 3.81. The van der Waals surface area contributed by atoms with Crippen molar-refractivity contribution < 1.29 is 4.74 Å². The van der Waals surface area contributed by atoms with Gasteiger partial charge < -0.3 is 14.2 Å². The van der Waals surface area contributed by atoms with Crippen LogP contribution < -0.4 is 10.5 Å². The average molecular weight is 398 g/mol. The summed E-state index contributed by atoms with van der Waals surface area (Å²) in [5.41, 5.74) is 0.930. The first-order valence-corrected chi connectivity index (χ1v) is 11.1. The van der Waals surface area contributed by atoms with Crippen molar-refractivity contribution in [1.29, 1.82) is 0 Å². The number of aromatic nitrogens is 4. The number of fused-ring (bicyclic) bond motifs is 1. The van der Waals surface area contributed by atoms with Gasteiger partial charge in [0.05, 0.1) is 6.61 Å². The SMILES string of the molecule is CC1CN(c2nnc(-c3ccc(=O)n(C)c3)n2CC2CCOC2)C2CCCCC12. The smallest absolute Gasteiger partial charge is 0.250 e. The van der Waals surface area contributed by atoms with Gasteiger partial charge in [0, 0.05) is 56.5 Å². The van der Waals surface area contributed by atoms with Gasteiger partial charge in [0.1, 0.15) is 0 Å². The molecule has 1 saturated carbocycles. The minimum atomic E-state index is -0.0114.